The molecule has 34 heavy (non-hydrogen) atoms. The fourth-order valence-electron chi connectivity index (χ4n) is 3.72. The van der Waals surface area contributed by atoms with Crippen LogP contribution in [0.1, 0.15) is 28.8 Å². The summed E-state index contributed by atoms with van der Waals surface area (Å²) in [6.45, 7) is 2.31. The number of fused-ring (bicyclic) bond motifs is 1. The van der Waals surface area contributed by atoms with Gasteiger partial charge in [-0.25, -0.2) is 0 Å². The van der Waals surface area contributed by atoms with Crippen LogP contribution in [0.5, 0.6) is 0 Å². The molecule has 1 unspecified atom stereocenters. The highest BCUT2D eigenvalue weighted by Crippen LogP contribution is 2.32. The van der Waals surface area contributed by atoms with Gasteiger partial charge >= 0.3 is 0 Å². The van der Waals surface area contributed by atoms with Gasteiger partial charge in [0.2, 0.25) is 11.8 Å². The van der Waals surface area contributed by atoms with Gasteiger partial charge < -0.3 is 24.4 Å². The summed E-state index contributed by atoms with van der Waals surface area (Å²) in [5.41, 5.74) is 2.15. The first-order valence-corrected chi connectivity index (χ1v) is 12.6. The summed E-state index contributed by atoms with van der Waals surface area (Å²) in [5.74, 6) is -1.42. The van der Waals surface area contributed by atoms with Gasteiger partial charge in [-0.2, -0.15) is 8.42 Å². The summed E-state index contributed by atoms with van der Waals surface area (Å²) in [6, 6.07) is 4.72. The Kier molecular flexibility index (Phi) is 9.36. The van der Waals surface area contributed by atoms with Crippen molar-refractivity contribution < 1.29 is 41.6 Å². The molecular weight excluding hydrogens is 470 g/mol. The molecule has 1 saturated heterocycles. The number of ether oxygens (including phenoxy) is 3. The van der Waals surface area contributed by atoms with E-state index in [9.17, 15) is 22.8 Å². The molecule has 3 N–H and O–H groups in total. The van der Waals surface area contributed by atoms with E-state index < -0.39 is 27.8 Å². The second-order valence-electron chi connectivity index (χ2n) is 7.78. The van der Waals surface area contributed by atoms with Gasteiger partial charge in [-0.3, -0.25) is 24.3 Å². The molecule has 13 heteroatoms. The van der Waals surface area contributed by atoms with Crippen LogP contribution >= 0.6 is 0 Å². The lowest BCUT2D eigenvalue weighted by Crippen LogP contribution is -2.52. The maximum atomic E-state index is 12.8. The van der Waals surface area contributed by atoms with Gasteiger partial charge in [0.05, 0.1) is 45.4 Å². The number of rotatable bonds is 14. The normalized spacial score (nSPS) is 18.2. The summed E-state index contributed by atoms with van der Waals surface area (Å²) in [4.78, 5) is 37.9. The third-order valence-corrected chi connectivity index (χ3v) is 6.06. The number of imide groups is 1. The highest BCUT2D eigenvalue weighted by molar-refractivity contribution is 7.85. The van der Waals surface area contributed by atoms with Gasteiger partial charge in [-0.05, 0) is 18.6 Å². The predicted molar refractivity (Wildman–Crippen MR) is 120 cm³/mol. The van der Waals surface area contributed by atoms with Crippen LogP contribution in [0.2, 0.25) is 0 Å². The molecule has 1 aromatic rings. The predicted octanol–water partition coefficient (Wildman–Crippen LogP) is -0.203. The molecule has 12 nitrogen and oxygen atoms in total. The number of benzene rings is 1. The standard InChI is InChI=1S/C21H29N3O9S/c25-19-5-4-18(20(26)23-19)24-14-16-15(21(24)27)2-1-3-17(16)22-6-7-31-8-9-32-10-11-33-12-13-34(28,29)30/h1-3,18,22H,4-14H2,(H,23,25,26)(H,28,29,30). The molecule has 0 bridgehead atoms. The van der Waals surface area contributed by atoms with Crippen molar-refractivity contribution in [2.45, 2.75) is 25.4 Å². The van der Waals surface area contributed by atoms with Gasteiger partial charge in [0.1, 0.15) is 6.04 Å². The van der Waals surface area contributed by atoms with E-state index in [1.165, 1.54) is 4.90 Å². The Balaban J connectivity index is 1.33. The largest absolute Gasteiger partial charge is 0.382 e. The zero-order valence-corrected chi connectivity index (χ0v) is 19.5. The summed E-state index contributed by atoms with van der Waals surface area (Å²) in [7, 11) is -4.01. The molecule has 2 aliphatic rings. The minimum atomic E-state index is -4.01. The van der Waals surface area contributed by atoms with Gasteiger partial charge in [0.25, 0.3) is 16.0 Å². The van der Waals surface area contributed by atoms with Crippen molar-refractivity contribution in [2.75, 3.05) is 57.3 Å². The summed E-state index contributed by atoms with van der Waals surface area (Å²) in [6.07, 6.45) is 0.531. The fraction of sp³-hybridized carbons (Fsp3) is 0.571. The first-order chi connectivity index (χ1) is 16.3. The second-order valence-corrected chi connectivity index (χ2v) is 9.35. The second kappa shape index (κ2) is 12.2. The van der Waals surface area contributed by atoms with Crippen molar-refractivity contribution in [1.82, 2.24) is 10.2 Å². The molecule has 1 fully saturated rings. The Hall–Kier alpha value is -2.58. The molecule has 2 heterocycles. The molecule has 3 rings (SSSR count). The Labute approximate surface area is 197 Å². The number of anilines is 1. The Morgan fingerprint density at radius 3 is 2.38 bits per heavy atom. The molecular formula is C21H29N3O9S. The van der Waals surface area contributed by atoms with E-state index >= 15 is 0 Å². The summed E-state index contributed by atoms with van der Waals surface area (Å²) in [5, 5.41) is 5.55. The number of carbonyl (C=O) groups excluding carboxylic acids is 3. The minimum Gasteiger partial charge on any atom is -0.382 e. The maximum Gasteiger partial charge on any atom is 0.267 e. The number of amides is 3. The van der Waals surface area contributed by atoms with E-state index in [2.05, 4.69) is 10.6 Å². The molecule has 3 amide bonds. The minimum absolute atomic E-state index is 0.0928. The van der Waals surface area contributed by atoms with E-state index in [1.54, 1.807) is 12.1 Å². The maximum absolute atomic E-state index is 12.8. The lowest BCUT2D eigenvalue weighted by Gasteiger charge is -2.29. The molecule has 0 spiro atoms. The number of nitrogens with zero attached hydrogens (tertiary/aromatic N) is 1. The number of hydrogen-bond acceptors (Lipinski definition) is 9. The molecule has 0 aliphatic carbocycles. The molecule has 2 aliphatic heterocycles. The number of hydrogen-bond donors (Lipinski definition) is 3. The molecule has 0 saturated carbocycles. The highest BCUT2D eigenvalue weighted by atomic mass is 32.2. The van der Waals surface area contributed by atoms with Crippen LogP contribution in [-0.4, -0.2) is 93.6 Å². The smallest absolute Gasteiger partial charge is 0.267 e. The lowest BCUT2D eigenvalue weighted by atomic mass is 10.0. The topological polar surface area (TPSA) is 161 Å². The Bertz CT molecular complexity index is 999. The lowest BCUT2D eigenvalue weighted by molar-refractivity contribution is -0.136. The van der Waals surface area contributed by atoms with Crippen molar-refractivity contribution >= 4 is 33.5 Å². The average molecular weight is 500 g/mol. The third-order valence-electron chi connectivity index (χ3n) is 5.37. The van der Waals surface area contributed by atoms with Crippen LogP contribution in [0.25, 0.3) is 0 Å². The molecule has 188 valence electrons. The van der Waals surface area contributed by atoms with Crippen molar-refractivity contribution in [3.63, 3.8) is 0 Å². The van der Waals surface area contributed by atoms with Crippen LogP contribution in [0, 0.1) is 0 Å². The number of nitrogens with one attached hydrogen (secondary N) is 2. The Morgan fingerprint density at radius 2 is 1.71 bits per heavy atom. The van der Waals surface area contributed by atoms with Crippen molar-refractivity contribution in [1.29, 1.82) is 0 Å². The first-order valence-electron chi connectivity index (χ1n) is 10.9. The van der Waals surface area contributed by atoms with E-state index in [-0.39, 0.29) is 38.1 Å². The summed E-state index contributed by atoms with van der Waals surface area (Å²) >= 11 is 0. The van der Waals surface area contributed by atoms with E-state index in [4.69, 9.17) is 18.8 Å². The van der Waals surface area contributed by atoms with Crippen LogP contribution < -0.4 is 10.6 Å². The highest BCUT2D eigenvalue weighted by Gasteiger charge is 2.39. The van der Waals surface area contributed by atoms with Gasteiger partial charge in [-0.15, -0.1) is 0 Å². The van der Waals surface area contributed by atoms with Crippen molar-refractivity contribution in [3.05, 3.63) is 29.3 Å². The fourth-order valence-corrected chi connectivity index (χ4v) is 4.04. The zero-order valence-electron chi connectivity index (χ0n) is 18.7. The number of piperidine rings is 1. The SMILES string of the molecule is O=C1CCC(N2Cc3c(NCCOCCOCCOCCS(=O)(=O)O)cccc3C2=O)C(=O)N1. The molecule has 0 radical (unpaired) electrons. The van der Waals surface area contributed by atoms with Crippen molar-refractivity contribution in [2.24, 2.45) is 0 Å². The van der Waals surface area contributed by atoms with Gasteiger partial charge in [-0.1, -0.05) is 6.07 Å². The monoisotopic (exact) mass is 499 g/mol. The van der Waals surface area contributed by atoms with Crippen LogP contribution in [0.3, 0.4) is 0 Å². The van der Waals surface area contributed by atoms with Crippen LogP contribution in [0.15, 0.2) is 18.2 Å². The Morgan fingerprint density at radius 1 is 1.03 bits per heavy atom. The van der Waals surface area contributed by atoms with Crippen LogP contribution in [0.4, 0.5) is 5.69 Å². The first kappa shape index (κ1) is 26.0. The van der Waals surface area contributed by atoms with Crippen molar-refractivity contribution in [3.8, 4) is 0 Å². The van der Waals surface area contributed by atoms with Crippen LogP contribution in [-0.2, 0) is 40.5 Å². The van der Waals surface area contributed by atoms with E-state index in [0.717, 1.165) is 11.3 Å². The average Bonchev–Trinajstić information content (AvgIpc) is 3.11. The molecule has 0 aromatic heterocycles. The van der Waals surface area contributed by atoms with Gasteiger partial charge in [0, 0.05) is 36.3 Å². The quantitative estimate of drug-likeness (QED) is 0.178. The zero-order chi connectivity index (χ0) is 24.6. The third kappa shape index (κ3) is 7.46. The van der Waals surface area contributed by atoms with E-state index in [1.807, 2.05) is 6.07 Å². The summed E-state index contributed by atoms with van der Waals surface area (Å²) < 4.78 is 45.5. The van der Waals surface area contributed by atoms with Gasteiger partial charge in [0.15, 0.2) is 0 Å². The number of carbonyl (C=O) groups is 3. The molecule has 1 aromatic carbocycles. The van der Waals surface area contributed by atoms with E-state index in [0.29, 0.717) is 44.9 Å². The molecule has 1 atom stereocenters.